The highest BCUT2D eigenvalue weighted by atomic mass is 32.2. The number of hydrogen-bond acceptors (Lipinski definition) is 8. The third-order valence-electron chi connectivity index (χ3n) is 5.63. The first-order valence-electron chi connectivity index (χ1n) is 11.8. The quantitative estimate of drug-likeness (QED) is 0.311. The summed E-state index contributed by atoms with van der Waals surface area (Å²) in [5.41, 5.74) is 0.561. The number of rotatable bonds is 11. The van der Waals surface area contributed by atoms with Crippen LogP contribution in [0, 0.1) is 0 Å². The van der Waals surface area contributed by atoms with Crippen LogP contribution in [0.5, 0.6) is 0 Å². The molecular formula is C23H32N5O7S+. The number of Topliss-reactive ketones (excluding diaryl/α,β-unsaturated/α-hetero) is 1. The fourth-order valence-electron chi connectivity index (χ4n) is 3.63. The molecule has 13 heteroatoms. The maximum absolute atomic E-state index is 13.2. The first kappa shape index (κ1) is 27.3. The highest BCUT2D eigenvalue weighted by molar-refractivity contribution is 7.90. The van der Waals surface area contributed by atoms with E-state index in [0.717, 1.165) is 0 Å². The average Bonchev–Trinajstić information content (AvgIpc) is 3.36. The van der Waals surface area contributed by atoms with Gasteiger partial charge in [0, 0.05) is 18.1 Å². The molecule has 36 heavy (non-hydrogen) atoms. The number of aromatic nitrogens is 2. The van der Waals surface area contributed by atoms with E-state index in [1.54, 1.807) is 37.3 Å². The van der Waals surface area contributed by atoms with Crippen molar-refractivity contribution in [1.82, 2.24) is 20.5 Å². The lowest BCUT2D eigenvalue weighted by Crippen LogP contribution is -2.57. The average molecular weight is 523 g/mol. The number of ketones is 1. The SMILES string of the molecule is CC[C@H](NC(=O)[C@H](CS(=O)(=O)Cc1ccccc1)NC(=O)N1CCOCC1)C(=O)c1nc[n+](CC)o1. The van der Waals surface area contributed by atoms with Crippen LogP contribution in [-0.4, -0.2) is 80.2 Å². The van der Waals surface area contributed by atoms with Crippen LogP contribution in [0.15, 0.2) is 41.2 Å². The van der Waals surface area contributed by atoms with E-state index in [0.29, 0.717) is 38.4 Å². The van der Waals surface area contributed by atoms with Crippen LogP contribution in [0.1, 0.15) is 36.5 Å². The maximum Gasteiger partial charge on any atom is 0.421 e. The van der Waals surface area contributed by atoms with Crippen LogP contribution >= 0.6 is 0 Å². The Bertz CT molecular complexity index is 1150. The number of carbonyl (C=O) groups is 3. The number of nitrogens with zero attached hydrogens (tertiary/aromatic N) is 3. The third kappa shape index (κ3) is 7.59. The first-order valence-corrected chi connectivity index (χ1v) is 13.6. The monoisotopic (exact) mass is 522 g/mol. The van der Waals surface area contributed by atoms with E-state index in [9.17, 15) is 22.8 Å². The normalized spacial score (nSPS) is 15.7. The Labute approximate surface area is 209 Å². The Morgan fingerprint density at radius 2 is 1.78 bits per heavy atom. The van der Waals surface area contributed by atoms with Gasteiger partial charge in [-0.25, -0.2) is 17.7 Å². The van der Waals surface area contributed by atoms with E-state index in [-0.39, 0.29) is 18.1 Å². The summed E-state index contributed by atoms with van der Waals surface area (Å²) in [6.45, 7) is 5.29. The minimum absolute atomic E-state index is 0.172. The van der Waals surface area contributed by atoms with Gasteiger partial charge in [0.2, 0.25) is 5.91 Å². The molecule has 1 aliphatic rings. The van der Waals surface area contributed by atoms with Crippen molar-refractivity contribution < 1.29 is 36.8 Å². The molecule has 2 heterocycles. The Morgan fingerprint density at radius 3 is 2.39 bits per heavy atom. The molecule has 2 aromatic rings. The number of sulfone groups is 1. The summed E-state index contributed by atoms with van der Waals surface area (Å²) in [6.07, 6.45) is 1.57. The van der Waals surface area contributed by atoms with Crippen LogP contribution in [-0.2, 0) is 31.7 Å². The van der Waals surface area contributed by atoms with Crippen LogP contribution in [0.4, 0.5) is 4.79 Å². The number of hydrogen-bond donors (Lipinski definition) is 2. The lowest BCUT2D eigenvalue weighted by Gasteiger charge is -2.29. The molecule has 196 valence electrons. The topological polar surface area (TPSA) is 152 Å². The maximum atomic E-state index is 13.2. The summed E-state index contributed by atoms with van der Waals surface area (Å²) < 4.78 is 37.9. The Balaban J connectivity index is 1.76. The molecule has 0 radical (unpaired) electrons. The zero-order chi connectivity index (χ0) is 26.1. The Hall–Kier alpha value is -3.32. The predicted octanol–water partition coefficient (Wildman–Crippen LogP) is 0.0849. The molecule has 0 unspecified atom stereocenters. The molecule has 1 saturated heterocycles. The van der Waals surface area contributed by atoms with Gasteiger partial charge in [-0.3, -0.25) is 9.59 Å². The van der Waals surface area contributed by atoms with Crippen molar-refractivity contribution in [3.8, 4) is 0 Å². The van der Waals surface area contributed by atoms with Gasteiger partial charge in [0.25, 0.3) is 5.78 Å². The molecule has 3 amide bonds. The van der Waals surface area contributed by atoms with Crippen LogP contribution < -0.4 is 15.4 Å². The number of aryl methyl sites for hydroxylation is 1. The highest BCUT2D eigenvalue weighted by Crippen LogP contribution is 2.10. The second-order valence-corrected chi connectivity index (χ2v) is 10.5. The predicted molar refractivity (Wildman–Crippen MR) is 128 cm³/mol. The molecule has 1 fully saturated rings. The fourth-order valence-corrected chi connectivity index (χ4v) is 5.20. The number of morpholine rings is 1. The molecule has 0 saturated carbocycles. The van der Waals surface area contributed by atoms with Crippen LogP contribution in [0.2, 0.25) is 0 Å². The zero-order valence-electron chi connectivity index (χ0n) is 20.4. The molecule has 0 aliphatic carbocycles. The van der Waals surface area contributed by atoms with Crippen molar-refractivity contribution >= 4 is 27.6 Å². The van der Waals surface area contributed by atoms with E-state index < -0.39 is 45.4 Å². The van der Waals surface area contributed by atoms with Crippen molar-refractivity contribution in [2.45, 2.75) is 44.6 Å². The summed E-state index contributed by atoms with van der Waals surface area (Å²) in [4.78, 5) is 44.2. The largest absolute Gasteiger partial charge is 0.421 e. The number of nitrogens with one attached hydrogen (secondary N) is 2. The third-order valence-corrected chi connectivity index (χ3v) is 7.25. The second kappa shape index (κ2) is 12.6. The molecule has 2 atom stereocenters. The molecule has 1 aromatic heterocycles. The molecule has 1 aromatic carbocycles. The number of ether oxygens (including phenoxy) is 1. The van der Waals surface area contributed by atoms with Crippen molar-refractivity contribution in [1.29, 1.82) is 0 Å². The van der Waals surface area contributed by atoms with E-state index in [1.165, 1.54) is 16.0 Å². The molecule has 1 aliphatic heterocycles. The molecular weight excluding hydrogens is 490 g/mol. The van der Waals surface area contributed by atoms with Gasteiger partial charge in [-0.2, -0.15) is 0 Å². The lowest BCUT2D eigenvalue weighted by atomic mass is 10.1. The first-order chi connectivity index (χ1) is 17.2. The van der Waals surface area contributed by atoms with E-state index >= 15 is 0 Å². The molecule has 12 nitrogen and oxygen atoms in total. The van der Waals surface area contributed by atoms with Gasteiger partial charge < -0.3 is 20.3 Å². The van der Waals surface area contributed by atoms with Crippen molar-refractivity contribution in [2.75, 3.05) is 32.1 Å². The van der Waals surface area contributed by atoms with Crippen molar-refractivity contribution in [3.05, 3.63) is 48.1 Å². The summed E-state index contributed by atoms with van der Waals surface area (Å²) in [7, 11) is -3.81. The number of urea groups is 1. The van der Waals surface area contributed by atoms with E-state index in [2.05, 4.69) is 15.6 Å². The smallest absolute Gasteiger partial charge is 0.378 e. The van der Waals surface area contributed by atoms with E-state index in [1.807, 2.05) is 6.92 Å². The van der Waals surface area contributed by atoms with E-state index in [4.69, 9.17) is 9.26 Å². The molecule has 0 spiro atoms. The summed E-state index contributed by atoms with van der Waals surface area (Å²) >= 11 is 0. The van der Waals surface area contributed by atoms with Gasteiger partial charge in [-0.1, -0.05) is 42.0 Å². The second-order valence-electron chi connectivity index (χ2n) is 8.35. The number of amides is 3. The zero-order valence-corrected chi connectivity index (χ0v) is 21.2. The van der Waals surface area contributed by atoms with Gasteiger partial charge in [0.1, 0.15) is 12.6 Å². The lowest BCUT2D eigenvalue weighted by molar-refractivity contribution is -0.862. The summed E-state index contributed by atoms with van der Waals surface area (Å²) in [5.74, 6) is -2.45. The van der Waals surface area contributed by atoms with Gasteiger partial charge >= 0.3 is 18.2 Å². The Morgan fingerprint density at radius 1 is 1.08 bits per heavy atom. The minimum atomic E-state index is -3.81. The van der Waals surface area contributed by atoms with Crippen molar-refractivity contribution in [2.24, 2.45) is 0 Å². The van der Waals surface area contributed by atoms with Gasteiger partial charge in [-0.15, -0.1) is 0 Å². The van der Waals surface area contributed by atoms with Gasteiger partial charge in [0.15, 0.2) is 9.84 Å². The minimum Gasteiger partial charge on any atom is -0.378 e. The van der Waals surface area contributed by atoms with Crippen LogP contribution in [0.3, 0.4) is 0 Å². The van der Waals surface area contributed by atoms with Crippen molar-refractivity contribution in [3.63, 3.8) is 0 Å². The van der Waals surface area contributed by atoms with Gasteiger partial charge in [0.05, 0.1) is 30.8 Å². The number of carbonyl (C=O) groups excluding carboxylic acids is 3. The molecule has 3 rings (SSSR count). The summed E-state index contributed by atoms with van der Waals surface area (Å²) in [5, 5.41) is 5.10. The standard InChI is InChI=1S/C23H31N5O7S/c1-3-18(20(29)22-24-16-28(4-2)35-22)25-21(30)19(26-23(31)27-10-12-34-13-11-27)15-36(32,33)14-17-8-6-5-7-9-17/h5-9,16,18-19H,3-4,10-15H2,1-2H3,(H-,25,26,30,31)/p+1/t18-,19-/m0/s1. The van der Waals surface area contributed by atoms with Crippen LogP contribution in [0.25, 0.3) is 0 Å². The number of benzene rings is 1. The van der Waals surface area contributed by atoms with Gasteiger partial charge in [-0.05, 0) is 18.9 Å². The summed E-state index contributed by atoms with van der Waals surface area (Å²) in [6, 6.07) is 5.54. The Kier molecular flexibility index (Phi) is 9.53. The molecule has 2 N–H and O–H groups in total. The molecule has 0 bridgehead atoms. The highest BCUT2D eigenvalue weighted by Gasteiger charge is 2.34. The fraction of sp³-hybridized carbons (Fsp3) is 0.522.